The fraction of sp³-hybridized carbons (Fsp3) is 0.565. The number of halogens is 1. The number of aromatic carboxylic acids is 1. The molecule has 1 aromatic carbocycles. The number of methoxy groups -OCH3 is 1. The number of nitrogen functional groups attached to an aromatic ring is 1. The molecule has 8 nitrogen and oxygen atoms in total. The molecule has 2 heterocycles. The minimum atomic E-state index is -1.36. The van der Waals surface area contributed by atoms with E-state index in [0.29, 0.717) is 24.6 Å². The number of rotatable bonds is 5. The van der Waals surface area contributed by atoms with E-state index in [4.69, 9.17) is 10.5 Å². The van der Waals surface area contributed by atoms with E-state index in [1.807, 2.05) is 4.90 Å². The first kappa shape index (κ1) is 22.4. The minimum absolute atomic E-state index is 0.0279. The molecule has 1 aromatic heterocycles. The number of benzene rings is 1. The van der Waals surface area contributed by atoms with Crippen LogP contribution in [-0.2, 0) is 0 Å². The first-order chi connectivity index (χ1) is 15.1. The Hall–Kier alpha value is -2.81. The predicted molar refractivity (Wildman–Crippen MR) is 122 cm³/mol. The van der Waals surface area contributed by atoms with Crippen molar-refractivity contribution in [1.82, 2.24) is 9.47 Å². The lowest BCUT2D eigenvalue weighted by molar-refractivity contribution is 0.0695. The smallest absolute Gasteiger partial charge is 0.341 e. The molecule has 4 rings (SSSR count). The zero-order chi connectivity index (χ0) is 23.5. The Morgan fingerprint density at radius 1 is 1.25 bits per heavy atom. The SMILES string of the molecule is COc1c(N2CC(C)C(N(C)C)C(C)C2)c(F)c(N)c2c(=O)c(C(=O)O)cn(C3CC3)c12. The average molecular weight is 447 g/mol. The molecule has 2 atom stereocenters. The number of hydrogen-bond donors (Lipinski definition) is 2. The molecule has 1 aliphatic carbocycles. The largest absolute Gasteiger partial charge is 0.492 e. The van der Waals surface area contributed by atoms with Gasteiger partial charge in [0, 0.05) is 31.4 Å². The number of piperidine rings is 1. The van der Waals surface area contributed by atoms with Gasteiger partial charge in [0.05, 0.1) is 23.7 Å². The van der Waals surface area contributed by atoms with Gasteiger partial charge in [0.2, 0.25) is 5.43 Å². The van der Waals surface area contributed by atoms with Crippen LogP contribution >= 0.6 is 0 Å². The van der Waals surface area contributed by atoms with Crippen LogP contribution in [0, 0.1) is 17.7 Å². The molecule has 3 N–H and O–H groups in total. The number of hydrogen-bond acceptors (Lipinski definition) is 6. The van der Waals surface area contributed by atoms with E-state index in [-0.39, 0.29) is 40.4 Å². The molecular weight excluding hydrogens is 415 g/mol. The van der Waals surface area contributed by atoms with E-state index < -0.39 is 22.8 Å². The Labute approximate surface area is 186 Å². The van der Waals surface area contributed by atoms with E-state index in [2.05, 4.69) is 32.8 Å². The highest BCUT2D eigenvalue weighted by atomic mass is 19.1. The number of aromatic nitrogens is 1. The Morgan fingerprint density at radius 2 is 1.84 bits per heavy atom. The van der Waals surface area contributed by atoms with Crippen molar-refractivity contribution in [3.63, 3.8) is 0 Å². The predicted octanol–water partition coefficient (Wildman–Crippen LogP) is 2.79. The number of anilines is 2. The molecule has 2 unspecified atom stereocenters. The fourth-order valence-electron chi connectivity index (χ4n) is 5.58. The monoisotopic (exact) mass is 446 g/mol. The minimum Gasteiger partial charge on any atom is -0.492 e. The van der Waals surface area contributed by atoms with Gasteiger partial charge in [0.25, 0.3) is 0 Å². The van der Waals surface area contributed by atoms with Gasteiger partial charge in [-0.15, -0.1) is 0 Å². The van der Waals surface area contributed by atoms with Crippen molar-refractivity contribution in [2.24, 2.45) is 11.8 Å². The summed E-state index contributed by atoms with van der Waals surface area (Å²) in [6.07, 6.45) is 3.03. The summed E-state index contributed by atoms with van der Waals surface area (Å²) in [5, 5.41) is 9.41. The summed E-state index contributed by atoms with van der Waals surface area (Å²) in [5.74, 6) is -1.35. The third-order valence-electron chi connectivity index (χ3n) is 6.85. The molecule has 1 saturated heterocycles. The number of nitrogens with zero attached hydrogens (tertiary/aromatic N) is 3. The van der Waals surface area contributed by atoms with Gasteiger partial charge in [0.1, 0.15) is 11.3 Å². The number of carboxylic acid groups (broad SMARTS) is 1. The Balaban J connectivity index is 1.99. The average Bonchev–Trinajstić information content (AvgIpc) is 3.54. The van der Waals surface area contributed by atoms with Gasteiger partial charge >= 0.3 is 5.97 Å². The van der Waals surface area contributed by atoms with Crippen LogP contribution in [0.2, 0.25) is 0 Å². The Kier molecular flexibility index (Phi) is 5.56. The third-order valence-corrected chi connectivity index (χ3v) is 6.85. The standard InChI is InChI=1S/C23H31FN4O4/c1-11-8-27(9-12(2)18(11)26(3)4)20-16(24)17(25)15-19(22(20)32-5)28(13-6-7-13)10-14(21(15)29)23(30)31/h10-13,18H,6-9,25H2,1-5H3,(H,30,31). The van der Waals surface area contributed by atoms with E-state index in [0.717, 1.165) is 12.8 Å². The lowest BCUT2D eigenvalue weighted by Crippen LogP contribution is -2.53. The molecule has 0 spiro atoms. The summed E-state index contributed by atoms with van der Waals surface area (Å²) >= 11 is 0. The second-order valence-electron chi connectivity index (χ2n) is 9.46. The number of nitrogens with two attached hydrogens (primary N) is 1. The molecule has 0 bridgehead atoms. The van der Waals surface area contributed by atoms with Crippen molar-refractivity contribution in [3.05, 3.63) is 27.8 Å². The molecule has 1 aliphatic heterocycles. The van der Waals surface area contributed by atoms with Crippen LogP contribution in [0.4, 0.5) is 15.8 Å². The quantitative estimate of drug-likeness (QED) is 0.681. The molecule has 32 heavy (non-hydrogen) atoms. The summed E-state index contributed by atoms with van der Waals surface area (Å²) in [7, 11) is 5.55. The van der Waals surface area contributed by atoms with Crippen molar-refractivity contribution in [3.8, 4) is 5.75 Å². The van der Waals surface area contributed by atoms with Crippen molar-refractivity contribution >= 4 is 28.2 Å². The van der Waals surface area contributed by atoms with E-state index in [1.165, 1.54) is 13.3 Å². The summed E-state index contributed by atoms with van der Waals surface area (Å²) in [5.41, 5.74) is 5.26. The van der Waals surface area contributed by atoms with Gasteiger partial charge in [-0.2, -0.15) is 0 Å². The Bertz CT molecular complexity index is 1130. The zero-order valence-electron chi connectivity index (χ0n) is 19.2. The van der Waals surface area contributed by atoms with Crippen molar-refractivity contribution < 1.29 is 19.0 Å². The molecule has 2 aromatic rings. The summed E-state index contributed by atoms with van der Waals surface area (Å²) in [6.45, 7) is 5.49. The van der Waals surface area contributed by atoms with Crippen LogP contribution < -0.4 is 20.8 Å². The molecule has 2 fully saturated rings. The number of fused-ring (bicyclic) bond motifs is 1. The number of ether oxygens (including phenoxy) is 1. The van der Waals surface area contributed by atoms with E-state index in [9.17, 15) is 14.7 Å². The van der Waals surface area contributed by atoms with Crippen LogP contribution in [0.15, 0.2) is 11.0 Å². The van der Waals surface area contributed by atoms with Crippen LogP contribution in [0.3, 0.4) is 0 Å². The van der Waals surface area contributed by atoms with E-state index in [1.54, 1.807) is 4.57 Å². The number of pyridine rings is 1. The first-order valence-corrected chi connectivity index (χ1v) is 11.0. The maximum absolute atomic E-state index is 15.8. The van der Waals surface area contributed by atoms with Gasteiger partial charge < -0.3 is 29.9 Å². The highest BCUT2D eigenvalue weighted by Gasteiger charge is 2.38. The van der Waals surface area contributed by atoms with Gasteiger partial charge in [-0.1, -0.05) is 13.8 Å². The summed E-state index contributed by atoms with van der Waals surface area (Å²) < 4.78 is 23.2. The second-order valence-corrected chi connectivity index (χ2v) is 9.46. The third kappa shape index (κ3) is 3.39. The lowest BCUT2D eigenvalue weighted by atomic mass is 9.84. The van der Waals surface area contributed by atoms with Crippen molar-refractivity contribution in [2.75, 3.05) is 44.9 Å². The van der Waals surface area contributed by atoms with Crippen molar-refractivity contribution in [2.45, 2.75) is 38.8 Å². The zero-order valence-corrected chi connectivity index (χ0v) is 19.2. The highest BCUT2D eigenvalue weighted by Crippen LogP contribution is 2.47. The Morgan fingerprint density at radius 3 is 2.31 bits per heavy atom. The maximum atomic E-state index is 15.8. The number of carboxylic acids is 1. The van der Waals surface area contributed by atoms with Crippen LogP contribution in [0.5, 0.6) is 5.75 Å². The molecule has 1 saturated carbocycles. The molecule has 2 aliphatic rings. The highest BCUT2D eigenvalue weighted by molar-refractivity contribution is 6.03. The van der Waals surface area contributed by atoms with Gasteiger partial charge in [0.15, 0.2) is 11.6 Å². The summed E-state index contributed by atoms with van der Waals surface area (Å²) in [6, 6.07) is 0.376. The number of carbonyl (C=O) groups is 1. The molecule has 174 valence electrons. The molecular formula is C23H31FN4O4. The van der Waals surface area contributed by atoms with Gasteiger partial charge in [-0.05, 0) is 38.8 Å². The van der Waals surface area contributed by atoms with Crippen LogP contribution in [-0.4, -0.2) is 60.9 Å². The normalized spacial score (nSPS) is 23.7. The molecule has 0 radical (unpaired) electrons. The van der Waals surface area contributed by atoms with Gasteiger partial charge in [-0.3, -0.25) is 4.79 Å². The second kappa shape index (κ2) is 7.95. The summed E-state index contributed by atoms with van der Waals surface area (Å²) in [4.78, 5) is 28.8. The van der Waals surface area contributed by atoms with Crippen molar-refractivity contribution in [1.29, 1.82) is 0 Å². The molecule has 9 heteroatoms. The van der Waals surface area contributed by atoms with Gasteiger partial charge in [-0.25, -0.2) is 9.18 Å². The molecule has 0 amide bonds. The topological polar surface area (TPSA) is 101 Å². The van der Waals surface area contributed by atoms with Crippen LogP contribution in [0.25, 0.3) is 10.9 Å². The lowest BCUT2D eigenvalue weighted by Gasteiger charge is -2.45. The fourth-order valence-corrected chi connectivity index (χ4v) is 5.58. The van der Waals surface area contributed by atoms with E-state index >= 15 is 4.39 Å². The first-order valence-electron chi connectivity index (χ1n) is 11.0. The maximum Gasteiger partial charge on any atom is 0.341 e. The van der Waals surface area contributed by atoms with Crippen LogP contribution in [0.1, 0.15) is 43.1 Å².